The molecule has 1 saturated heterocycles. The number of carbonyl (C=O) groups excluding carboxylic acids is 3. The first-order valence-electron chi connectivity index (χ1n) is 10.6. The summed E-state index contributed by atoms with van der Waals surface area (Å²) in [6.07, 6.45) is 1.66. The maximum Gasteiger partial charge on any atom is 0.293 e. The number of carbonyl (C=O) groups is 3. The van der Waals surface area contributed by atoms with Gasteiger partial charge in [-0.15, -0.1) is 0 Å². The summed E-state index contributed by atoms with van der Waals surface area (Å²) >= 11 is 6.79. The number of rotatable bonds is 8. The predicted octanol–water partition coefficient (Wildman–Crippen LogP) is 5.60. The molecule has 35 heavy (non-hydrogen) atoms. The predicted molar refractivity (Wildman–Crippen MR) is 137 cm³/mol. The molecular formula is C26H21ClN2O5S. The number of thioether (sulfide) groups is 1. The van der Waals surface area contributed by atoms with E-state index in [1.54, 1.807) is 72.8 Å². The number of ether oxygens (including phenoxy) is 2. The molecule has 0 saturated carbocycles. The van der Waals surface area contributed by atoms with E-state index in [9.17, 15) is 14.4 Å². The zero-order valence-corrected chi connectivity index (χ0v) is 20.3. The van der Waals surface area contributed by atoms with Gasteiger partial charge in [0.15, 0.2) is 6.61 Å². The minimum Gasteiger partial charge on any atom is -0.495 e. The van der Waals surface area contributed by atoms with Crippen LogP contribution in [0.2, 0.25) is 5.02 Å². The number of halogens is 1. The minimum absolute atomic E-state index is 0.180. The van der Waals surface area contributed by atoms with Gasteiger partial charge < -0.3 is 14.8 Å². The van der Waals surface area contributed by atoms with Crippen LogP contribution in [0.5, 0.6) is 11.5 Å². The highest BCUT2D eigenvalue weighted by Crippen LogP contribution is 2.33. The molecule has 0 spiro atoms. The standard InChI is InChI=1S/C26H21ClN2O5S/c1-33-22-5-3-2-4-21(22)28-24(30)16-34-20-12-8-17(9-13-20)14-23-25(31)29(26(32)35-23)15-18-6-10-19(27)11-7-18/h2-14H,15-16H2,1H3,(H,28,30)/b23-14+. The molecule has 1 fully saturated rings. The van der Waals surface area contributed by atoms with Gasteiger partial charge in [0, 0.05) is 5.02 Å². The smallest absolute Gasteiger partial charge is 0.293 e. The van der Waals surface area contributed by atoms with Crippen LogP contribution < -0.4 is 14.8 Å². The summed E-state index contributed by atoms with van der Waals surface area (Å²) in [5, 5.41) is 3.01. The molecule has 0 radical (unpaired) electrons. The highest BCUT2D eigenvalue weighted by atomic mass is 35.5. The van der Waals surface area contributed by atoms with E-state index < -0.39 is 0 Å². The summed E-state index contributed by atoms with van der Waals surface area (Å²) in [5.41, 5.74) is 2.10. The van der Waals surface area contributed by atoms with E-state index in [0.29, 0.717) is 27.1 Å². The third kappa shape index (κ3) is 6.23. The maximum atomic E-state index is 12.7. The van der Waals surface area contributed by atoms with Crippen molar-refractivity contribution in [2.24, 2.45) is 0 Å². The van der Waals surface area contributed by atoms with E-state index in [4.69, 9.17) is 21.1 Å². The van der Waals surface area contributed by atoms with E-state index >= 15 is 0 Å². The van der Waals surface area contributed by atoms with E-state index in [1.165, 1.54) is 12.0 Å². The lowest BCUT2D eigenvalue weighted by atomic mass is 10.2. The second-order valence-electron chi connectivity index (χ2n) is 7.50. The van der Waals surface area contributed by atoms with Crippen LogP contribution >= 0.6 is 23.4 Å². The van der Waals surface area contributed by atoms with E-state index in [1.807, 2.05) is 6.07 Å². The number of nitrogens with zero attached hydrogens (tertiary/aromatic N) is 1. The zero-order chi connectivity index (χ0) is 24.8. The number of para-hydroxylation sites is 2. The molecule has 1 aliphatic heterocycles. The van der Waals surface area contributed by atoms with Crippen molar-refractivity contribution >= 4 is 52.2 Å². The topological polar surface area (TPSA) is 84.9 Å². The van der Waals surface area contributed by atoms with Crippen LogP contribution in [0.15, 0.2) is 77.7 Å². The van der Waals surface area contributed by atoms with Gasteiger partial charge in [-0.05, 0) is 65.4 Å². The SMILES string of the molecule is COc1ccccc1NC(=O)COc1ccc(/C=C2/SC(=O)N(Cc3ccc(Cl)cc3)C2=O)cc1. The Hall–Kier alpha value is -3.75. The quantitative estimate of drug-likeness (QED) is 0.398. The Kier molecular flexibility index (Phi) is 7.74. The normalized spacial score (nSPS) is 14.3. The Morgan fingerprint density at radius 1 is 1.03 bits per heavy atom. The molecule has 4 rings (SSSR count). The molecule has 178 valence electrons. The summed E-state index contributed by atoms with van der Waals surface area (Å²) < 4.78 is 10.8. The van der Waals surface area contributed by atoms with E-state index in [0.717, 1.165) is 22.9 Å². The second-order valence-corrected chi connectivity index (χ2v) is 8.93. The molecule has 0 bridgehead atoms. The van der Waals surface area contributed by atoms with Crippen molar-refractivity contribution < 1.29 is 23.9 Å². The van der Waals surface area contributed by atoms with Crippen LogP contribution in [0.4, 0.5) is 10.5 Å². The molecule has 0 aromatic heterocycles. The van der Waals surface area contributed by atoms with Gasteiger partial charge in [-0.25, -0.2) is 0 Å². The number of anilines is 1. The summed E-state index contributed by atoms with van der Waals surface area (Å²) in [6, 6.07) is 21.0. The molecule has 3 aromatic carbocycles. The third-order valence-electron chi connectivity index (χ3n) is 5.06. The zero-order valence-electron chi connectivity index (χ0n) is 18.7. The molecule has 9 heteroatoms. The number of benzene rings is 3. The molecule has 1 N–H and O–H groups in total. The largest absolute Gasteiger partial charge is 0.495 e. The first-order chi connectivity index (χ1) is 16.9. The van der Waals surface area contributed by atoms with Crippen molar-refractivity contribution in [1.82, 2.24) is 4.90 Å². The Bertz CT molecular complexity index is 1280. The fourth-order valence-corrected chi connectivity index (χ4v) is 4.27. The summed E-state index contributed by atoms with van der Waals surface area (Å²) in [4.78, 5) is 38.9. The number of hydrogen-bond acceptors (Lipinski definition) is 6. The fourth-order valence-electron chi connectivity index (χ4n) is 3.30. The van der Waals surface area contributed by atoms with Crippen LogP contribution in [0.25, 0.3) is 6.08 Å². The van der Waals surface area contributed by atoms with Crippen molar-refractivity contribution in [1.29, 1.82) is 0 Å². The number of methoxy groups -OCH3 is 1. The molecular weight excluding hydrogens is 488 g/mol. The second kappa shape index (κ2) is 11.1. The molecule has 0 atom stereocenters. The van der Waals surface area contributed by atoms with Crippen molar-refractivity contribution in [3.63, 3.8) is 0 Å². The number of nitrogens with one attached hydrogen (secondary N) is 1. The van der Waals surface area contributed by atoms with Crippen molar-refractivity contribution in [2.45, 2.75) is 6.54 Å². The van der Waals surface area contributed by atoms with Gasteiger partial charge in [-0.1, -0.05) is 48.0 Å². The highest BCUT2D eigenvalue weighted by molar-refractivity contribution is 8.18. The molecule has 1 aliphatic rings. The lowest BCUT2D eigenvalue weighted by molar-refractivity contribution is -0.123. The van der Waals surface area contributed by atoms with E-state index in [-0.39, 0.29) is 30.2 Å². The van der Waals surface area contributed by atoms with Crippen LogP contribution in [0, 0.1) is 0 Å². The number of imide groups is 1. The van der Waals surface area contributed by atoms with Crippen molar-refractivity contribution in [2.75, 3.05) is 19.0 Å². The Labute approximate surface area is 211 Å². The number of amides is 3. The molecule has 3 aromatic rings. The van der Waals surface area contributed by atoms with Crippen LogP contribution in [-0.2, 0) is 16.1 Å². The lowest BCUT2D eigenvalue weighted by Crippen LogP contribution is -2.27. The van der Waals surface area contributed by atoms with Gasteiger partial charge in [0.25, 0.3) is 17.1 Å². The van der Waals surface area contributed by atoms with Gasteiger partial charge in [-0.3, -0.25) is 19.3 Å². The average molecular weight is 509 g/mol. The summed E-state index contributed by atoms with van der Waals surface area (Å²) in [5.74, 6) is 0.382. The first-order valence-corrected chi connectivity index (χ1v) is 11.8. The molecule has 7 nitrogen and oxygen atoms in total. The minimum atomic E-state index is -0.344. The first kappa shape index (κ1) is 24.4. The Balaban J connectivity index is 1.34. The van der Waals surface area contributed by atoms with Gasteiger partial charge in [0.1, 0.15) is 11.5 Å². The molecule has 3 amide bonds. The van der Waals surface area contributed by atoms with Crippen LogP contribution in [-0.4, -0.2) is 35.7 Å². The molecule has 0 unspecified atom stereocenters. The van der Waals surface area contributed by atoms with Gasteiger partial charge in [0.05, 0.1) is 24.2 Å². The third-order valence-corrected chi connectivity index (χ3v) is 6.22. The summed E-state index contributed by atoms with van der Waals surface area (Å²) in [6.45, 7) is 0.00382. The maximum absolute atomic E-state index is 12.7. The van der Waals surface area contributed by atoms with Gasteiger partial charge >= 0.3 is 0 Å². The fraction of sp³-hybridized carbons (Fsp3) is 0.115. The van der Waals surface area contributed by atoms with Crippen molar-refractivity contribution in [3.05, 3.63) is 93.9 Å². The van der Waals surface area contributed by atoms with Crippen LogP contribution in [0.3, 0.4) is 0 Å². The molecule has 0 aliphatic carbocycles. The van der Waals surface area contributed by atoms with E-state index in [2.05, 4.69) is 5.32 Å². The summed E-state index contributed by atoms with van der Waals surface area (Å²) in [7, 11) is 1.53. The van der Waals surface area contributed by atoms with Gasteiger partial charge in [0.2, 0.25) is 0 Å². The highest BCUT2D eigenvalue weighted by Gasteiger charge is 2.34. The van der Waals surface area contributed by atoms with Crippen molar-refractivity contribution in [3.8, 4) is 11.5 Å². The number of hydrogen-bond donors (Lipinski definition) is 1. The lowest BCUT2D eigenvalue weighted by Gasteiger charge is -2.12. The Morgan fingerprint density at radius 2 is 1.74 bits per heavy atom. The van der Waals surface area contributed by atoms with Gasteiger partial charge in [-0.2, -0.15) is 0 Å². The Morgan fingerprint density at radius 3 is 2.46 bits per heavy atom. The monoisotopic (exact) mass is 508 g/mol. The average Bonchev–Trinajstić information content (AvgIpc) is 3.12. The van der Waals surface area contributed by atoms with Crippen LogP contribution in [0.1, 0.15) is 11.1 Å². The molecule has 1 heterocycles.